The normalized spacial score (nSPS) is 18.0. The Balaban J connectivity index is 0.000000921. The van der Waals surface area contributed by atoms with E-state index in [-0.39, 0.29) is 23.8 Å². The van der Waals surface area contributed by atoms with Gasteiger partial charge in [0.1, 0.15) is 0 Å². The molecule has 152 valence electrons. The molecule has 4 nitrogen and oxygen atoms in total. The van der Waals surface area contributed by atoms with Crippen LogP contribution in [0.5, 0.6) is 0 Å². The summed E-state index contributed by atoms with van der Waals surface area (Å²) < 4.78 is 0. The summed E-state index contributed by atoms with van der Waals surface area (Å²) in [5.74, 6) is -0.203. The highest BCUT2D eigenvalue weighted by Gasteiger charge is 2.35. The minimum atomic E-state index is -0.188. The molecule has 1 N–H and O–H groups in total. The molecule has 28 heavy (non-hydrogen) atoms. The lowest BCUT2D eigenvalue weighted by Gasteiger charge is -2.38. The van der Waals surface area contributed by atoms with Crippen molar-refractivity contribution in [3.05, 3.63) is 66.2 Å². The zero-order valence-electron chi connectivity index (χ0n) is 17.8. The predicted octanol–water partition coefficient (Wildman–Crippen LogP) is 5.62. The summed E-state index contributed by atoms with van der Waals surface area (Å²) in [4.78, 5) is 27.2. The van der Waals surface area contributed by atoms with Crippen molar-refractivity contribution in [1.29, 1.82) is 0 Å². The SMILES string of the molecule is CC.CC.C[C@H]1C(C(=O)Nc2ccccc2)CCCN1C(=O)c1ccccc1. The maximum Gasteiger partial charge on any atom is 0.254 e. The molecular weight excluding hydrogens is 348 g/mol. The summed E-state index contributed by atoms with van der Waals surface area (Å²) in [5.41, 5.74) is 1.47. The van der Waals surface area contributed by atoms with E-state index in [4.69, 9.17) is 0 Å². The van der Waals surface area contributed by atoms with E-state index >= 15 is 0 Å². The number of piperidine rings is 1. The molecule has 1 aliphatic rings. The van der Waals surface area contributed by atoms with Gasteiger partial charge in [0.15, 0.2) is 0 Å². The Morgan fingerprint density at radius 3 is 2.00 bits per heavy atom. The summed E-state index contributed by atoms with van der Waals surface area (Å²) in [6.07, 6.45) is 1.65. The minimum Gasteiger partial charge on any atom is -0.335 e. The monoisotopic (exact) mass is 382 g/mol. The first-order valence-corrected chi connectivity index (χ1v) is 10.4. The zero-order valence-corrected chi connectivity index (χ0v) is 17.8. The number of anilines is 1. The smallest absolute Gasteiger partial charge is 0.254 e. The Bertz CT molecular complexity index is 701. The molecule has 3 rings (SSSR count). The van der Waals surface area contributed by atoms with E-state index in [0.29, 0.717) is 12.1 Å². The molecule has 1 aliphatic heterocycles. The van der Waals surface area contributed by atoms with Crippen LogP contribution < -0.4 is 5.32 Å². The van der Waals surface area contributed by atoms with Crippen molar-refractivity contribution < 1.29 is 9.59 Å². The largest absolute Gasteiger partial charge is 0.335 e. The van der Waals surface area contributed by atoms with E-state index < -0.39 is 0 Å². The van der Waals surface area contributed by atoms with E-state index in [1.165, 1.54) is 0 Å². The van der Waals surface area contributed by atoms with Gasteiger partial charge in [-0.2, -0.15) is 0 Å². The van der Waals surface area contributed by atoms with Crippen LogP contribution in [0.3, 0.4) is 0 Å². The number of likely N-dealkylation sites (tertiary alicyclic amines) is 1. The molecule has 0 radical (unpaired) electrons. The van der Waals surface area contributed by atoms with Gasteiger partial charge in [-0.05, 0) is 44.0 Å². The van der Waals surface area contributed by atoms with Crippen LogP contribution in [0.15, 0.2) is 60.7 Å². The number of rotatable bonds is 3. The van der Waals surface area contributed by atoms with Gasteiger partial charge >= 0.3 is 0 Å². The molecule has 0 aromatic heterocycles. The van der Waals surface area contributed by atoms with Crippen LogP contribution in [0.25, 0.3) is 0 Å². The molecule has 0 saturated carbocycles. The Labute approximate surface area is 170 Å². The van der Waals surface area contributed by atoms with Crippen LogP contribution in [-0.4, -0.2) is 29.3 Å². The van der Waals surface area contributed by atoms with Crippen LogP contribution >= 0.6 is 0 Å². The van der Waals surface area contributed by atoms with E-state index in [1.54, 1.807) is 0 Å². The molecule has 1 fully saturated rings. The van der Waals surface area contributed by atoms with Crippen LogP contribution in [0.4, 0.5) is 5.69 Å². The first kappa shape index (κ1) is 23.4. The fraction of sp³-hybridized carbons (Fsp3) is 0.417. The Hall–Kier alpha value is -2.62. The lowest BCUT2D eigenvalue weighted by molar-refractivity contribution is -0.122. The Kier molecular flexibility index (Phi) is 10.6. The molecule has 1 heterocycles. The van der Waals surface area contributed by atoms with Gasteiger partial charge in [-0.3, -0.25) is 9.59 Å². The molecule has 4 heteroatoms. The number of carbonyl (C=O) groups excluding carboxylic acids is 2. The molecule has 0 spiro atoms. The first-order chi connectivity index (χ1) is 13.7. The Morgan fingerprint density at radius 1 is 0.893 bits per heavy atom. The van der Waals surface area contributed by atoms with Gasteiger partial charge in [-0.25, -0.2) is 0 Å². The highest BCUT2D eigenvalue weighted by atomic mass is 16.2. The topological polar surface area (TPSA) is 49.4 Å². The first-order valence-electron chi connectivity index (χ1n) is 10.4. The van der Waals surface area contributed by atoms with E-state index in [2.05, 4.69) is 5.32 Å². The molecule has 2 aromatic carbocycles. The van der Waals surface area contributed by atoms with E-state index in [9.17, 15) is 9.59 Å². The molecule has 2 aromatic rings. The number of para-hydroxylation sites is 1. The van der Waals surface area contributed by atoms with Crippen LogP contribution in [-0.2, 0) is 4.79 Å². The average molecular weight is 383 g/mol. The number of hydrogen-bond acceptors (Lipinski definition) is 2. The van der Waals surface area contributed by atoms with Crippen LogP contribution in [0, 0.1) is 5.92 Å². The molecule has 0 bridgehead atoms. The van der Waals surface area contributed by atoms with Crippen molar-refractivity contribution in [2.75, 3.05) is 11.9 Å². The standard InChI is InChI=1S/C20H22N2O2.2C2H6/c1-15-18(19(23)21-17-11-6-3-7-12-17)13-8-14-22(15)20(24)16-9-4-2-5-10-16;2*1-2/h2-7,9-12,15,18H,8,13-14H2,1H3,(H,21,23);2*1-2H3/t15-,18?;;/m0../s1. The maximum absolute atomic E-state index is 12.7. The summed E-state index contributed by atoms with van der Waals surface area (Å²) in [7, 11) is 0. The van der Waals surface area contributed by atoms with Crippen molar-refractivity contribution in [2.45, 2.75) is 53.5 Å². The molecule has 1 saturated heterocycles. The van der Waals surface area contributed by atoms with Crippen molar-refractivity contribution in [3.8, 4) is 0 Å². The van der Waals surface area contributed by atoms with Gasteiger partial charge in [-0.1, -0.05) is 64.1 Å². The van der Waals surface area contributed by atoms with Gasteiger partial charge in [-0.15, -0.1) is 0 Å². The number of nitrogens with one attached hydrogen (secondary N) is 1. The van der Waals surface area contributed by atoms with Crippen LogP contribution in [0.2, 0.25) is 0 Å². The molecule has 2 amide bonds. The lowest BCUT2D eigenvalue weighted by Crippen LogP contribution is -2.50. The Morgan fingerprint density at radius 2 is 1.43 bits per heavy atom. The summed E-state index contributed by atoms with van der Waals surface area (Å²) in [6, 6.07) is 18.6. The maximum atomic E-state index is 12.7. The third-order valence-corrected chi connectivity index (χ3v) is 4.65. The number of benzene rings is 2. The van der Waals surface area contributed by atoms with Gasteiger partial charge < -0.3 is 10.2 Å². The molecule has 2 atom stereocenters. The predicted molar refractivity (Wildman–Crippen MR) is 117 cm³/mol. The fourth-order valence-corrected chi connectivity index (χ4v) is 3.28. The van der Waals surface area contributed by atoms with Gasteiger partial charge in [0.05, 0.1) is 5.92 Å². The van der Waals surface area contributed by atoms with Crippen molar-refractivity contribution >= 4 is 17.5 Å². The summed E-state index contributed by atoms with van der Waals surface area (Å²) >= 11 is 0. The van der Waals surface area contributed by atoms with Crippen molar-refractivity contribution in [3.63, 3.8) is 0 Å². The number of carbonyl (C=O) groups is 2. The lowest BCUT2D eigenvalue weighted by atomic mass is 9.88. The molecular formula is C24H34N2O2. The second kappa shape index (κ2) is 12.7. The number of nitrogens with zero attached hydrogens (tertiary/aromatic N) is 1. The van der Waals surface area contributed by atoms with E-state index in [0.717, 1.165) is 18.5 Å². The average Bonchev–Trinajstić information content (AvgIpc) is 2.77. The van der Waals surface area contributed by atoms with Crippen LogP contribution in [0.1, 0.15) is 57.8 Å². The second-order valence-electron chi connectivity index (χ2n) is 6.21. The minimum absolute atomic E-state index is 0.000288. The highest BCUT2D eigenvalue weighted by Crippen LogP contribution is 2.26. The highest BCUT2D eigenvalue weighted by molar-refractivity contribution is 5.96. The molecule has 1 unspecified atom stereocenters. The third kappa shape index (κ3) is 6.22. The van der Waals surface area contributed by atoms with Crippen molar-refractivity contribution in [2.24, 2.45) is 5.92 Å². The summed E-state index contributed by atoms with van der Waals surface area (Å²) in [6.45, 7) is 10.7. The van der Waals surface area contributed by atoms with Gasteiger partial charge in [0.25, 0.3) is 5.91 Å². The zero-order chi connectivity index (χ0) is 20.9. The third-order valence-electron chi connectivity index (χ3n) is 4.65. The van der Waals surface area contributed by atoms with Gasteiger partial charge in [0.2, 0.25) is 5.91 Å². The fourth-order valence-electron chi connectivity index (χ4n) is 3.28. The number of hydrogen-bond donors (Lipinski definition) is 1. The molecule has 0 aliphatic carbocycles. The quantitative estimate of drug-likeness (QED) is 0.749. The van der Waals surface area contributed by atoms with Gasteiger partial charge in [0, 0.05) is 23.8 Å². The van der Waals surface area contributed by atoms with E-state index in [1.807, 2.05) is 100 Å². The summed E-state index contributed by atoms with van der Waals surface area (Å²) in [5, 5.41) is 2.96. The van der Waals surface area contributed by atoms with Crippen molar-refractivity contribution in [1.82, 2.24) is 4.90 Å². The number of amides is 2. The second-order valence-corrected chi connectivity index (χ2v) is 6.21.